The molecule has 14 nitrogen and oxygen atoms in total. The Bertz CT molecular complexity index is 2140. The average Bonchev–Trinajstić information content (AvgIpc) is 3.33. The molecule has 0 bridgehead atoms. The number of hydrogen-bond acceptors (Lipinski definition) is 13. The summed E-state index contributed by atoms with van der Waals surface area (Å²) in [4.78, 5) is 81.6. The van der Waals surface area contributed by atoms with Crippen LogP contribution in [0, 0.1) is 0 Å². The fourth-order valence-electron chi connectivity index (χ4n) is 4.58. The lowest BCUT2D eigenvalue weighted by molar-refractivity contribution is -0.0548. The monoisotopic (exact) mass is 958 g/mol. The zero-order valence-electron chi connectivity index (χ0n) is 34.9. The molecule has 326 valence electrons. The van der Waals surface area contributed by atoms with Gasteiger partial charge < -0.3 is 33.9 Å². The van der Waals surface area contributed by atoms with Gasteiger partial charge in [0.2, 0.25) is 6.29 Å². The standard InChI is InChI=1S/C17H21ClO5.C16H20BrClO4.C9H5ClO5/c1-16(2,3)22-14(20)11-8-13(18)12(7-10(11)9-19)15(21)23-17(4,5)6;1-15(2,3)21-13(19)9-8-12(18)10(7-11(9)17)14(20)22-16(4,5)6;10-6-2-4-3(1-5(6)7(11)12)8(13)15-9(4)14/h7-9H,1-6H3;7-8H,1-6H3;1-2,8,13H,(H,11,12). The van der Waals surface area contributed by atoms with Crippen LogP contribution in [0.25, 0.3) is 0 Å². The number of fused-ring (bicyclic) bond motifs is 1. The van der Waals surface area contributed by atoms with Crippen LogP contribution in [0.3, 0.4) is 0 Å². The van der Waals surface area contributed by atoms with Gasteiger partial charge in [0.25, 0.3) is 0 Å². The predicted octanol–water partition coefficient (Wildman–Crippen LogP) is 10.3. The molecule has 2 N–H and O–H groups in total. The van der Waals surface area contributed by atoms with Crippen molar-refractivity contribution in [2.75, 3.05) is 0 Å². The van der Waals surface area contributed by atoms with Gasteiger partial charge in [0.15, 0.2) is 6.29 Å². The van der Waals surface area contributed by atoms with Crippen molar-refractivity contribution in [2.45, 2.75) is 112 Å². The Morgan fingerprint density at radius 3 is 1.37 bits per heavy atom. The van der Waals surface area contributed by atoms with Crippen LogP contribution >= 0.6 is 50.7 Å². The van der Waals surface area contributed by atoms with Crippen molar-refractivity contribution in [3.8, 4) is 0 Å². The van der Waals surface area contributed by atoms with Gasteiger partial charge in [-0.2, -0.15) is 0 Å². The van der Waals surface area contributed by atoms with Gasteiger partial charge in [-0.05, 0) is 135 Å². The molecule has 4 rings (SSSR count). The van der Waals surface area contributed by atoms with Crippen molar-refractivity contribution in [1.29, 1.82) is 0 Å². The lowest BCUT2D eigenvalue weighted by Crippen LogP contribution is -2.26. The molecule has 3 aromatic carbocycles. The summed E-state index contributed by atoms with van der Waals surface area (Å²) in [5.41, 5.74) is -2.12. The van der Waals surface area contributed by atoms with Crippen molar-refractivity contribution in [1.82, 2.24) is 0 Å². The van der Waals surface area contributed by atoms with Crippen molar-refractivity contribution < 1.29 is 67.5 Å². The first-order chi connectivity index (χ1) is 27.1. The van der Waals surface area contributed by atoms with E-state index in [0.717, 1.165) is 6.07 Å². The van der Waals surface area contributed by atoms with E-state index in [1.165, 1.54) is 30.3 Å². The van der Waals surface area contributed by atoms with Crippen LogP contribution in [-0.4, -0.2) is 74.7 Å². The number of benzene rings is 3. The third kappa shape index (κ3) is 15.5. The molecule has 1 aliphatic heterocycles. The number of ether oxygens (including phenoxy) is 5. The Labute approximate surface area is 370 Å². The highest BCUT2D eigenvalue weighted by Gasteiger charge is 2.32. The molecule has 0 saturated heterocycles. The topological polar surface area (TPSA) is 206 Å². The summed E-state index contributed by atoms with van der Waals surface area (Å²) in [6, 6.07) is 7.67. The second kappa shape index (κ2) is 19.9. The van der Waals surface area contributed by atoms with Gasteiger partial charge in [0.1, 0.15) is 22.4 Å². The number of aromatic carboxylic acids is 1. The number of esters is 5. The third-order valence-electron chi connectivity index (χ3n) is 6.87. The zero-order valence-corrected chi connectivity index (χ0v) is 38.8. The molecule has 1 atom stereocenters. The van der Waals surface area contributed by atoms with Gasteiger partial charge in [0, 0.05) is 15.6 Å². The quantitative estimate of drug-likeness (QED) is 0.134. The fourth-order valence-corrected chi connectivity index (χ4v) is 5.81. The molecule has 1 unspecified atom stereocenters. The van der Waals surface area contributed by atoms with Crippen LogP contribution in [-0.2, 0) is 23.7 Å². The SMILES string of the molecule is CC(C)(C)OC(=O)c1cc(Br)c(C(=O)OC(C)(C)C)cc1Cl.CC(C)(C)OC(=O)c1cc(C=O)c(C(=O)OC(C)(C)C)cc1Cl.O=C(O)c1cc2c(cc1Cl)C(=O)OC2O. The van der Waals surface area contributed by atoms with E-state index in [4.69, 9.17) is 58.9 Å². The van der Waals surface area contributed by atoms with Crippen LogP contribution < -0.4 is 0 Å². The minimum atomic E-state index is -1.41. The largest absolute Gasteiger partial charge is 0.478 e. The van der Waals surface area contributed by atoms with E-state index in [1.54, 1.807) is 83.1 Å². The fraction of sp³-hybridized carbons (Fsp3) is 0.405. The molecule has 0 aliphatic carbocycles. The summed E-state index contributed by atoms with van der Waals surface area (Å²) in [7, 11) is 0. The summed E-state index contributed by atoms with van der Waals surface area (Å²) < 4.78 is 25.9. The minimum Gasteiger partial charge on any atom is -0.478 e. The van der Waals surface area contributed by atoms with E-state index in [1.807, 2.05) is 0 Å². The molecule has 0 amide bonds. The number of cyclic esters (lactones) is 1. The highest BCUT2D eigenvalue weighted by Crippen LogP contribution is 2.33. The van der Waals surface area contributed by atoms with Crippen LogP contribution in [0.15, 0.2) is 40.9 Å². The van der Waals surface area contributed by atoms with Crippen LogP contribution in [0.1, 0.15) is 167 Å². The highest BCUT2D eigenvalue weighted by atomic mass is 79.9. The number of aliphatic hydroxyl groups is 1. The van der Waals surface area contributed by atoms with Gasteiger partial charge in [-0.1, -0.05) is 34.8 Å². The zero-order chi connectivity index (χ0) is 46.5. The predicted molar refractivity (Wildman–Crippen MR) is 225 cm³/mol. The van der Waals surface area contributed by atoms with Gasteiger partial charge >= 0.3 is 35.8 Å². The molecule has 0 spiro atoms. The normalized spacial score (nSPS) is 13.6. The van der Waals surface area contributed by atoms with E-state index in [9.17, 15) is 38.7 Å². The number of carbonyl (C=O) groups excluding carboxylic acids is 6. The number of rotatable bonds is 6. The number of halogens is 4. The van der Waals surface area contributed by atoms with Crippen molar-refractivity contribution in [3.05, 3.63) is 100 Å². The van der Waals surface area contributed by atoms with Gasteiger partial charge in [-0.3, -0.25) is 4.79 Å². The minimum absolute atomic E-state index is 0.00670. The first kappa shape index (κ1) is 51.6. The molecular formula is C42H46BrCl3O14. The van der Waals surface area contributed by atoms with Crippen molar-refractivity contribution >= 4 is 92.8 Å². The lowest BCUT2D eigenvalue weighted by Gasteiger charge is -2.21. The summed E-state index contributed by atoms with van der Waals surface area (Å²) >= 11 is 21.1. The number of carbonyl (C=O) groups is 7. The van der Waals surface area contributed by atoms with Gasteiger partial charge in [0.05, 0.1) is 48.4 Å². The third-order valence-corrected chi connectivity index (χ3v) is 8.47. The molecule has 0 radical (unpaired) electrons. The van der Waals surface area contributed by atoms with Crippen LogP contribution in [0.4, 0.5) is 0 Å². The Morgan fingerprint density at radius 1 is 0.600 bits per heavy atom. The summed E-state index contributed by atoms with van der Waals surface area (Å²) in [6.07, 6.45) is -0.938. The molecule has 1 heterocycles. The Kier molecular flexibility index (Phi) is 17.1. The molecule has 60 heavy (non-hydrogen) atoms. The molecular weight excluding hydrogens is 915 g/mol. The van der Waals surface area contributed by atoms with Crippen LogP contribution in [0.5, 0.6) is 0 Å². The first-order valence-corrected chi connectivity index (χ1v) is 19.7. The Hall–Kier alpha value is -4.54. The summed E-state index contributed by atoms with van der Waals surface area (Å²) in [6.45, 7) is 20.9. The second-order valence-electron chi connectivity index (χ2n) is 16.8. The first-order valence-electron chi connectivity index (χ1n) is 17.8. The Balaban J connectivity index is 0.000000316. The van der Waals surface area contributed by atoms with Gasteiger partial charge in [-0.15, -0.1) is 0 Å². The molecule has 18 heteroatoms. The van der Waals surface area contributed by atoms with Crippen molar-refractivity contribution in [2.24, 2.45) is 0 Å². The van der Waals surface area contributed by atoms with Gasteiger partial charge in [-0.25, -0.2) is 28.8 Å². The molecule has 0 saturated carbocycles. The molecule has 3 aromatic rings. The van der Waals surface area contributed by atoms with E-state index < -0.39 is 64.5 Å². The van der Waals surface area contributed by atoms with Crippen LogP contribution in [0.2, 0.25) is 15.1 Å². The highest BCUT2D eigenvalue weighted by molar-refractivity contribution is 9.10. The second-order valence-corrected chi connectivity index (χ2v) is 18.9. The Morgan fingerprint density at radius 2 is 0.967 bits per heavy atom. The van der Waals surface area contributed by atoms with E-state index >= 15 is 0 Å². The number of aliphatic hydroxyl groups excluding tert-OH is 1. The maximum absolute atomic E-state index is 12.1. The molecule has 0 aromatic heterocycles. The lowest BCUT2D eigenvalue weighted by atomic mass is 10.0. The maximum Gasteiger partial charge on any atom is 0.341 e. The molecule has 1 aliphatic rings. The maximum atomic E-state index is 12.1. The number of hydrogen-bond donors (Lipinski definition) is 2. The summed E-state index contributed by atoms with van der Waals surface area (Å²) in [5.74, 6) is -4.35. The van der Waals surface area contributed by atoms with E-state index in [2.05, 4.69) is 20.7 Å². The van der Waals surface area contributed by atoms with Crippen molar-refractivity contribution in [3.63, 3.8) is 0 Å². The number of carboxylic acids is 1. The molecule has 0 fully saturated rings. The van der Waals surface area contributed by atoms with E-state index in [-0.39, 0.29) is 59.6 Å². The number of aldehydes is 1. The smallest absolute Gasteiger partial charge is 0.341 e. The summed E-state index contributed by atoms with van der Waals surface area (Å²) in [5, 5.41) is 18.1. The van der Waals surface area contributed by atoms with E-state index in [0.29, 0.717) is 10.8 Å². The average molecular weight is 961 g/mol. The number of carboxylic acid groups (broad SMARTS) is 1.